The Morgan fingerprint density at radius 1 is 1.47 bits per heavy atom. The maximum atomic E-state index is 11.2. The normalized spacial score (nSPS) is 16.1. The minimum Gasteiger partial charge on any atom is -0.394 e. The van der Waals surface area contributed by atoms with Gasteiger partial charge in [0.15, 0.2) is 23.2 Å². The van der Waals surface area contributed by atoms with Crippen molar-refractivity contribution in [1.29, 1.82) is 0 Å². The van der Waals surface area contributed by atoms with Gasteiger partial charge in [-0.3, -0.25) is 9.09 Å². The van der Waals surface area contributed by atoms with Crippen LogP contribution in [-0.4, -0.2) is 64.4 Å². The van der Waals surface area contributed by atoms with Crippen LogP contribution in [0.5, 0.6) is 0 Å². The third kappa shape index (κ3) is 5.62. The fourth-order valence-corrected chi connectivity index (χ4v) is 3.47. The van der Waals surface area contributed by atoms with E-state index < -0.39 is 32.4 Å². The number of aliphatic hydroxyl groups is 2. The number of nitrogens with zero attached hydrogens (tertiary/aromatic N) is 7. The van der Waals surface area contributed by atoms with Gasteiger partial charge in [-0.2, -0.15) is 0 Å². The predicted octanol–water partition coefficient (Wildman–Crippen LogP) is 0.887. The fraction of sp³-hybridized carbons (Fsp3) is 0.643. The van der Waals surface area contributed by atoms with Gasteiger partial charge in [0.05, 0.1) is 18.8 Å². The van der Waals surface area contributed by atoms with E-state index in [-0.39, 0.29) is 42.4 Å². The minimum absolute atomic E-state index is 0.000944. The van der Waals surface area contributed by atoms with Gasteiger partial charge in [0.25, 0.3) is 0 Å². The average molecular weight is 446 g/mol. The molecule has 0 spiro atoms. The van der Waals surface area contributed by atoms with Crippen LogP contribution in [0.3, 0.4) is 0 Å². The lowest BCUT2D eigenvalue weighted by Gasteiger charge is -2.30. The summed E-state index contributed by atoms with van der Waals surface area (Å²) in [5, 5.41) is 23.2. The van der Waals surface area contributed by atoms with E-state index >= 15 is 0 Å². The highest BCUT2D eigenvalue weighted by Gasteiger charge is 2.33. The first-order chi connectivity index (χ1) is 14.0. The summed E-state index contributed by atoms with van der Waals surface area (Å²) in [5.41, 5.74) is 13.6. The van der Waals surface area contributed by atoms with E-state index in [1.165, 1.54) is 6.92 Å². The van der Waals surface area contributed by atoms with Gasteiger partial charge in [-0.05, 0) is 24.0 Å². The highest BCUT2D eigenvalue weighted by Crippen LogP contribution is 2.44. The lowest BCUT2D eigenvalue weighted by Crippen LogP contribution is -2.33. The molecule has 30 heavy (non-hydrogen) atoms. The number of hydrogen-bond acceptors (Lipinski definition) is 10. The summed E-state index contributed by atoms with van der Waals surface area (Å²) in [6, 6.07) is 0. The van der Waals surface area contributed by atoms with Crippen LogP contribution in [-0.2, 0) is 13.8 Å². The van der Waals surface area contributed by atoms with E-state index in [4.69, 9.17) is 30.3 Å². The van der Waals surface area contributed by atoms with Crippen molar-refractivity contribution in [2.45, 2.75) is 44.6 Å². The number of phosphoric ester groups is 1. The molecule has 16 heteroatoms. The molecule has 0 fully saturated rings. The fourth-order valence-electron chi connectivity index (χ4n) is 2.68. The van der Waals surface area contributed by atoms with Crippen LogP contribution in [0.1, 0.15) is 32.9 Å². The molecule has 166 valence electrons. The first-order valence-electron chi connectivity index (χ1n) is 8.75. The first-order valence-corrected chi connectivity index (χ1v) is 10.3. The number of rotatable bonds is 11. The molecule has 0 aliphatic carbocycles. The molecule has 2 rings (SSSR count). The van der Waals surface area contributed by atoms with Crippen molar-refractivity contribution in [3.05, 3.63) is 16.8 Å². The maximum Gasteiger partial charge on any atom is 0.470 e. The molecule has 2 heterocycles. The van der Waals surface area contributed by atoms with Gasteiger partial charge in [-0.15, -0.1) is 0 Å². The zero-order chi connectivity index (χ0) is 22.5. The molecule has 0 saturated heterocycles. The smallest absolute Gasteiger partial charge is 0.394 e. The van der Waals surface area contributed by atoms with Crippen LogP contribution in [0.15, 0.2) is 11.4 Å². The molecule has 0 aromatic carbocycles. The monoisotopic (exact) mass is 446 g/mol. The van der Waals surface area contributed by atoms with Gasteiger partial charge in [0.1, 0.15) is 12.4 Å². The van der Waals surface area contributed by atoms with Crippen LogP contribution in [0.25, 0.3) is 21.6 Å². The molecule has 0 aliphatic rings. The van der Waals surface area contributed by atoms with Gasteiger partial charge in [-0.25, -0.2) is 19.5 Å². The number of nitrogens with two attached hydrogens (primary N) is 1. The summed E-state index contributed by atoms with van der Waals surface area (Å²) >= 11 is 0. The predicted molar refractivity (Wildman–Crippen MR) is 103 cm³/mol. The highest BCUT2D eigenvalue weighted by atomic mass is 31.2. The molecule has 0 radical (unpaired) electrons. The van der Waals surface area contributed by atoms with Crippen molar-refractivity contribution in [3.8, 4) is 0 Å². The van der Waals surface area contributed by atoms with E-state index in [0.29, 0.717) is 0 Å². The first kappa shape index (κ1) is 23.9. The van der Waals surface area contributed by atoms with Crippen LogP contribution < -0.4 is 5.73 Å². The standard InChI is InChI=1S/C14H23N8O7P/c1-3-14(2,29-30(25,26)27)4-5-28-12(8(24)6-23)22-11-9(10(15)17-7-18-11)19-13(22)20-21-16/h7-8,12,23-24H,3-6H2,1-2H3,(H2,15,17,18)(H2,25,26,27)/t8-,12-,14?/m1/s1. The molecule has 0 bridgehead atoms. The van der Waals surface area contributed by atoms with Crippen molar-refractivity contribution >= 4 is 30.8 Å². The number of fused-ring (bicyclic) bond motifs is 1. The summed E-state index contributed by atoms with van der Waals surface area (Å²) < 4.78 is 22.9. The number of azide groups is 1. The molecule has 1 unspecified atom stereocenters. The van der Waals surface area contributed by atoms with E-state index in [0.717, 1.165) is 10.9 Å². The van der Waals surface area contributed by atoms with Gasteiger partial charge >= 0.3 is 7.82 Å². The summed E-state index contributed by atoms with van der Waals surface area (Å²) in [5.74, 6) is -0.235. The molecular formula is C14H23N8O7P. The van der Waals surface area contributed by atoms with Crippen molar-refractivity contribution in [2.24, 2.45) is 5.11 Å². The summed E-state index contributed by atoms with van der Waals surface area (Å²) in [7, 11) is -4.74. The number of ether oxygens (including phenoxy) is 1. The zero-order valence-electron chi connectivity index (χ0n) is 16.2. The van der Waals surface area contributed by atoms with Crippen molar-refractivity contribution < 1.29 is 33.8 Å². The number of nitrogen functional groups attached to an aromatic ring is 1. The van der Waals surface area contributed by atoms with Gasteiger partial charge in [0, 0.05) is 11.3 Å². The number of hydrogen-bond donors (Lipinski definition) is 5. The summed E-state index contributed by atoms with van der Waals surface area (Å²) in [6.45, 7) is 2.31. The van der Waals surface area contributed by atoms with E-state index in [9.17, 15) is 14.8 Å². The second-order valence-electron chi connectivity index (χ2n) is 6.55. The van der Waals surface area contributed by atoms with Crippen molar-refractivity contribution in [2.75, 3.05) is 18.9 Å². The topological polar surface area (TPSA) is 235 Å². The lowest BCUT2D eigenvalue weighted by molar-refractivity contribution is -0.106. The maximum absolute atomic E-state index is 11.2. The van der Waals surface area contributed by atoms with Crippen LogP contribution in [0, 0.1) is 0 Å². The third-order valence-corrected chi connectivity index (χ3v) is 5.08. The average Bonchev–Trinajstić information content (AvgIpc) is 3.03. The Bertz CT molecular complexity index is 975. The minimum atomic E-state index is -4.74. The number of phosphoric acid groups is 1. The summed E-state index contributed by atoms with van der Waals surface area (Å²) in [6.07, 6.45) is -1.37. The Balaban J connectivity index is 2.38. The lowest BCUT2D eigenvalue weighted by atomic mass is 10.0. The van der Waals surface area contributed by atoms with E-state index in [2.05, 4.69) is 25.0 Å². The molecular weight excluding hydrogens is 423 g/mol. The number of imidazole rings is 1. The second kappa shape index (κ2) is 9.64. The molecule has 6 N–H and O–H groups in total. The molecule has 0 aliphatic heterocycles. The molecule has 3 atom stereocenters. The van der Waals surface area contributed by atoms with Gasteiger partial charge in [-0.1, -0.05) is 6.92 Å². The van der Waals surface area contributed by atoms with Crippen LogP contribution in [0.2, 0.25) is 0 Å². The van der Waals surface area contributed by atoms with E-state index in [1.807, 2.05) is 0 Å². The molecule has 0 amide bonds. The molecule has 2 aromatic heterocycles. The SMILES string of the molecule is CCC(C)(CCO[C@H]([C@H](O)CO)n1c(N=[N+]=[N-])nc2c(N)ncnc21)OP(=O)(O)O. The number of aromatic nitrogens is 4. The van der Waals surface area contributed by atoms with Crippen molar-refractivity contribution in [1.82, 2.24) is 19.5 Å². The largest absolute Gasteiger partial charge is 0.470 e. The van der Waals surface area contributed by atoms with Crippen LogP contribution >= 0.6 is 7.82 Å². The number of aliphatic hydroxyl groups excluding tert-OH is 2. The molecule has 2 aromatic rings. The Hall–Kier alpha value is -2.35. The quantitative estimate of drug-likeness (QED) is 0.140. The Morgan fingerprint density at radius 3 is 2.73 bits per heavy atom. The Morgan fingerprint density at radius 2 is 2.17 bits per heavy atom. The zero-order valence-corrected chi connectivity index (χ0v) is 17.1. The van der Waals surface area contributed by atoms with E-state index in [1.54, 1.807) is 6.92 Å². The molecule has 0 saturated carbocycles. The van der Waals surface area contributed by atoms with Crippen LogP contribution in [0.4, 0.5) is 11.8 Å². The third-order valence-electron chi connectivity index (χ3n) is 4.40. The number of anilines is 1. The summed E-state index contributed by atoms with van der Waals surface area (Å²) in [4.78, 5) is 32.8. The Labute approximate surface area is 170 Å². The van der Waals surface area contributed by atoms with Gasteiger partial charge < -0.3 is 30.5 Å². The van der Waals surface area contributed by atoms with Crippen molar-refractivity contribution in [3.63, 3.8) is 0 Å². The Kier molecular flexibility index (Phi) is 7.69. The highest BCUT2D eigenvalue weighted by molar-refractivity contribution is 7.46. The molecule has 15 nitrogen and oxygen atoms in total. The van der Waals surface area contributed by atoms with Gasteiger partial charge in [0.2, 0.25) is 5.95 Å². The second-order valence-corrected chi connectivity index (χ2v) is 7.71.